The van der Waals surface area contributed by atoms with E-state index in [2.05, 4.69) is 10.3 Å². The highest BCUT2D eigenvalue weighted by Crippen LogP contribution is 1.98. The number of nitrogens with one attached hydrogen (secondary N) is 1. The summed E-state index contributed by atoms with van der Waals surface area (Å²) in [5, 5.41) is 2.70. The second-order valence-corrected chi connectivity index (χ2v) is 3.65. The van der Waals surface area contributed by atoms with Gasteiger partial charge in [-0.25, -0.2) is 0 Å². The first-order valence-corrected chi connectivity index (χ1v) is 6.05. The Labute approximate surface area is 107 Å². The molecule has 0 unspecified atom stereocenters. The van der Waals surface area contributed by atoms with Crippen molar-refractivity contribution in [3.63, 3.8) is 0 Å². The van der Waals surface area contributed by atoms with E-state index in [1.807, 2.05) is 18.7 Å². The molecule has 1 rings (SSSR count). The number of carbonyl (C=O) groups excluding carboxylic acids is 1. The van der Waals surface area contributed by atoms with Crippen LogP contribution in [0.5, 0.6) is 0 Å². The second-order valence-electron chi connectivity index (χ2n) is 3.65. The molecule has 6 heteroatoms. The lowest BCUT2D eigenvalue weighted by Crippen LogP contribution is -2.37. The van der Waals surface area contributed by atoms with E-state index < -0.39 is 0 Å². The highest BCUT2D eigenvalue weighted by molar-refractivity contribution is 5.91. The summed E-state index contributed by atoms with van der Waals surface area (Å²) in [4.78, 5) is 17.6. The first-order chi connectivity index (χ1) is 8.69. The minimum absolute atomic E-state index is 0.239. The third kappa shape index (κ3) is 4.12. The van der Waals surface area contributed by atoms with Gasteiger partial charge in [0, 0.05) is 19.6 Å². The van der Waals surface area contributed by atoms with Crippen LogP contribution in [0.2, 0.25) is 0 Å². The Bertz CT molecular complexity index is 383. The molecule has 1 amide bonds. The van der Waals surface area contributed by atoms with Gasteiger partial charge < -0.3 is 20.4 Å². The lowest BCUT2D eigenvalue weighted by molar-refractivity contribution is 0.0927. The van der Waals surface area contributed by atoms with E-state index in [1.165, 1.54) is 6.26 Å². The highest BCUT2D eigenvalue weighted by atomic mass is 16.3. The molecule has 0 radical (unpaired) electrons. The van der Waals surface area contributed by atoms with Gasteiger partial charge in [0.25, 0.3) is 5.91 Å². The average molecular weight is 252 g/mol. The molecule has 0 aliphatic rings. The predicted molar refractivity (Wildman–Crippen MR) is 70.5 cm³/mol. The highest BCUT2D eigenvalue weighted by Gasteiger charge is 2.06. The van der Waals surface area contributed by atoms with Crippen LogP contribution in [0.3, 0.4) is 0 Å². The number of aliphatic imine (C=N–C) groups is 1. The van der Waals surface area contributed by atoms with Crippen LogP contribution < -0.4 is 11.1 Å². The number of guanidine groups is 1. The predicted octanol–water partition coefficient (Wildman–Crippen LogP) is 0.666. The lowest BCUT2D eigenvalue weighted by Gasteiger charge is -2.19. The Morgan fingerprint density at radius 2 is 2.22 bits per heavy atom. The van der Waals surface area contributed by atoms with Gasteiger partial charge in [-0.2, -0.15) is 0 Å². The molecule has 0 saturated heterocycles. The van der Waals surface area contributed by atoms with Gasteiger partial charge in [0.2, 0.25) is 0 Å². The van der Waals surface area contributed by atoms with Gasteiger partial charge in [-0.3, -0.25) is 9.79 Å². The van der Waals surface area contributed by atoms with E-state index in [9.17, 15) is 4.79 Å². The molecule has 0 saturated carbocycles. The van der Waals surface area contributed by atoms with Crippen molar-refractivity contribution in [3.8, 4) is 0 Å². The number of nitrogens with zero attached hydrogens (tertiary/aromatic N) is 2. The number of carbonyl (C=O) groups is 1. The van der Waals surface area contributed by atoms with Crippen LogP contribution in [0.1, 0.15) is 24.4 Å². The van der Waals surface area contributed by atoms with E-state index in [0.717, 1.165) is 13.1 Å². The van der Waals surface area contributed by atoms with Crippen molar-refractivity contribution in [1.29, 1.82) is 0 Å². The van der Waals surface area contributed by atoms with Crippen molar-refractivity contribution in [1.82, 2.24) is 10.2 Å². The maximum Gasteiger partial charge on any atom is 0.287 e. The summed E-state index contributed by atoms with van der Waals surface area (Å²) in [5.74, 6) is 0.569. The summed E-state index contributed by atoms with van der Waals surface area (Å²) >= 11 is 0. The molecule has 0 aliphatic carbocycles. The molecule has 1 aromatic rings. The quantitative estimate of drug-likeness (QED) is 0.442. The van der Waals surface area contributed by atoms with Gasteiger partial charge in [0.1, 0.15) is 0 Å². The van der Waals surface area contributed by atoms with Crippen LogP contribution in [0.4, 0.5) is 0 Å². The fraction of sp³-hybridized carbons (Fsp3) is 0.500. The van der Waals surface area contributed by atoms with Crippen molar-refractivity contribution in [2.45, 2.75) is 13.8 Å². The van der Waals surface area contributed by atoms with Crippen molar-refractivity contribution in [2.24, 2.45) is 10.7 Å². The topological polar surface area (TPSA) is 83.9 Å². The fourth-order valence-corrected chi connectivity index (χ4v) is 1.48. The monoisotopic (exact) mass is 252 g/mol. The SMILES string of the molecule is CCN(CC)C(N)=NCCNC(=O)c1ccco1. The third-order valence-electron chi connectivity index (χ3n) is 2.50. The van der Waals surface area contributed by atoms with Crippen molar-refractivity contribution < 1.29 is 9.21 Å². The van der Waals surface area contributed by atoms with Gasteiger partial charge in [0.15, 0.2) is 11.7 Å². The molecular weight excluding hydrogens is 232 g/mol. The maximum absolute atomic E-state index is 11.5. The standard InChI is InChI=1S/C12H20N4O2/c1-3-16(4-2)12(13)15-8-7-14-11(17)10-6-5-9-18-10/h5-6,9H,3-4,7-8H2,1-2H3,(H2,13,15)(H,14,17). The number of hydrogen-bond donors (Lipinski definition) is 2. The molecule has 0 aromatic carbocycles. The molecule has 100 valence electrons. The molecular formula is C12H20N4O2. The first kappa shape index (κ1) is 14.1. The zero-order valence-electron chi connectivity index (χ0n) is 10.8. The average Bonchev–Trinajstić information content (AvgIpc) is 2.89. The minimum atomic E-state index is -0.239. The van der Waals surface area contributed by atoms with Crippen LogP contribution in [-0.4, -0.2) is 42.9 Å². The van der Waals surface area contributed by atoms with Crippen molar-refractivity contribution in [3.05, 3.63) is 24.2 Å². The Morgan fingerprint density at radius 3 is 2.78 bits per heavy atom. The second kappa shape index (κ2) is 7.37. The van der Waals surface area contributed by atoms with Gasteiger partial charge in [0.05, 0.1) is 12.8 Å². The zero-order chi connectivity index (χ0) is 13.4. The van der Waals surface area contributed by atoms with Crippen LogP contribution in [-0.2, 0) is 0 Å². The Kier molecular flexibility index (Phi) is 5.76. The van der Waals surface area contributed by atoms with Crippen LogP contribution in [0.25, 0.3) is 0 Å². The van der Waals surface area contributed by atoms with Crippen LogP contribution >= 0.6 is 0 Å². The van der Waals surface area contributed by atoms with Gasteiger partial charge in [-0.15, -0.1) is 0 Å². The summed E-state index contributed by atoms with van der Waals surface area (Å²) in [6.07, 6.45) is 1.46. The Hall–Kier alpha value is -1.98. The molecule has 0 atom stereocenters. The molecule has 0 fully saturated rings. The third-order valence-corrected chi connectivity index (χ3v) is 2.50. The van der Waals surface area contributed by atoms with E-state index in [0.29, 0.717) is 24.8 Å². The number of hydrogen-bond acceptors (Lipinski definition) is 3. The molecule has 3 N–H and O–H groups in total. The van der Waals surface area contributed by atoms with E-state index >= 15 is 0 Å². The van der Waals surface area contributed by atoms with Crippen molar-refractivity contribution in [2.75, 3.05) is 26.2 Å². The van der Waals surface area contributed by atoms with Crippen LogP contribution in [0, 0.1) is 0 Å². The molecule has 0 bridgehead atoms. The summed E-state index contributed by atoms with van der Waals surface area (Å²) in [5.41, 5.74) is 5.80. The normalized spacial score (nSPS) is 11.3. The maximum atomic E-state index is 11.5. The largest absolute Gasteiger partial charge is 0.459 e. The van der Waals surface area contributed by atoms with E-state index in [-0.39, 0.29) is 5.91 Å². The van der Waals surface area contributed by atoms with Crippen LogP contribution in [0.15, 0.2) is 27.8 Å². The Morgan fingerprint density at radius 1 is 1.50 bits per heavy atom. The molecule has 0 spiro atoms. The minimum Gasteiger partial charge on any atom is -0.459 e. The fourth-order valence-electron chi connectivity index (χ4n) is 1.48. The smallest absolute Gasteiger partial charge is 0.287 e. The molecule has 0 aliphatic heterocycles. The number of nitrogens with two attached hydrogens (primary N) is 1. The van der Waals surface area contributed by atoms with E-state index in [1.54, 1.807) is 12.1 Å². The number of furan rings is 1. The summed E-state index contributed by atoms with van der Waals surface area (Å²) in [7, 11) is 0. The summed E-state index contributed by atoms with van der Waals surface area (Å²) in [6, 6.07) is 3.29. The zero-order valence-corrected chi connectivity index (χ0v) is 10.8. The number of amides is 1. The summed E-state index contributed by atoms with van der Waals surface area (Å²) in [6.45, 7) is 6.57. The molecule has 18 heavy (non-hydrogen) atoms. The molecule has 6 nitrogen and oxygen atoms in total. The summed E-state index contributed by atoms with van der Waals surface area (Å²) < 4.78 is 4.97. The molecule has 1 aromatic heterocycles. The molecule has 1 heterocycles. The van der Waals surface area contributed by atoms with Gasteiger partial charge >= 0.3 is 0 Å². The lowest BCUT2D eigenvalue weighted by atomic mass is 10.4. The Balaban J connectivity index is 2.30. The number of rotatable bonds is 6. The van der Waals surface area contributed by atoms with E-state index in [4.69, 9.17) is 10.2 Å². The van der Waals surface area contributed by atoms with Gasteiger partial charge in [-0.1, -0.05) is 0 Å². The van der Waals surface area contributed by atoms with Crippen molar-refractivity contribution >= 4 is 11.9 Å². The van der Waals surface area contributed by atoms with Gasteiger partial charge in [-0.05, 0) is 26.0 Å². The first-order valence-electron chi connectivity index (χ1n) is 6.05.